The van der Waals surface area contributed by atoms with E-state index < -0.39 is 17.4 Å². The zero-order chi connectivity index (χ0) is 21.9. The summed E-state index contributed by atoms with van der Waals surface area (Å²) in [6, 6.07) is 1.38. The van der Waals surface area contributed by atoms with Crippen molar-refractivity contribution in [3.63, 3.8) is 0 Å². The number of nitrogens with one attached hydrogen (secondary N) is 1. The summed E-state index contributed by atoms with van der Waals surface area (Å²) >= 11 is 0. The van der Waals surface area contributed by atoms with E-state index in [1.807, 2.05) is 11.9 Å². The fourth-order valence-corrected chi connectivity index (χ4v) is 5.05. The molecule has 31 heavy (non-hydrogen) atoms. The highest BCUT2D eigenvalue weighted by Gasteiger charge is 2.40. The molecule has 3 heterocycles. The van der Waals surface area contributed by atoms with Crippen molar-refractivity contribution in [3.05, 3.63) is 40.5 Å². The molecule has 164 valence electrons. The molecule has 2 N–H and O–H groups in total. The average molecular weight is 430 g/mol. The van der Waals surface area contributed by atoms with Crippen LogP contribution in [-0.2, 0) is 0 Å². The Labute approximate surface area is 177 Å². The third kappa shape index (κ3) is 3.01. The number of ether oxygens (including phenoxy) is 2. The smallest absolute Gasteiger partial charge is 0.467 e. The summed E-state index contributed by atoms with van der Waals surface area (Å²) in [5.41, 5.74) is 0.0322. The van der Waals surface area contributed by atoms with Gasteiger partial charge in [0.2, 0.25) is 11.2 Å². The Morgan fingerprint density at radius 3 is 2.94 bits per heavy atom. The standard InChI is InChI=1S/C21H23FN4O5/c1-23-15-5-3-4-11-7-25(8-13(11)15)18-14(22)6-12-17-20(18)30-10-24(2)26(17)9-16(19(12)27)31-21(28)29/h3,5-6,9,11,13,15,23H,4,7-8,10H2,1-2H3,(H,28,29). The lowest BCUT2D eigenvalue weighted by atomic mass is 9.82. The number of hydrogen-bond acceptors (Lipinski definition) is 7. The molecule has 3 aliphatic rings. The number of fused-ring (bicyclic) bond motifs is 1. The van der Waals surface area contributed by atoms with Gasteiger partial charge in [-0.15, -0.1) is 0 Å². The monoisotopic (exact) mass is 430 g/mol. The number of pyridine rings is 1. The first-order valence-corrected chi connectivity index (χ1v) is 10.1. The van der Waals surface area contributed by atoms with Gasteiger partial charge in [0, 0.05) is 32.1 Å². The number of nitrogens with zero attached hydrogens (tertiary/aromatic N) is 3. The van der Waals surface area contributed by atoms with Crippen LogP contribution in [0.1, 0.15) is 6.42 Å². The number of halogens is 1. The molecule has 3 unspecified atom stereocenters. The van der Waals surface area contributed by atoms with Crippen molar-refractivity contribution in [2.75, 3.05) is 43.8 Å². The summed E-state index contributed by atoms with van der Waals surface area (Å²) in [6.07, 6.45) is 4.97. The molecular weight excluding hydrogens is 407 g/mol. The number of rotatable bonds is 3. The fourth-order valence-electron chi connectivity index (χ4n) is 5.05. The molecule has 3 atom stereocenters. The second-order valence-electron chi connectivity index (χ2n) is 8.21. The number of allylic oxidation sites excluding steroid dienone is 1. The molecule has 2 aromatic rings. The third-order valence-electron chi connectivity index (χ3n) is 6.47. The number of hydrogen-bond donors (Lipinski definition) is 2. The van der Waals surface area contributed by atoms with Crippen molar-refractivity contribution in [2.45, 2.75) is 12.5 Å². The number of carbonyl (C=O) groups is 1. The highest BCUT2D eigenvalue weighted by molar-refractivity contribution is 5.93. The van der Waals surface area contributed by atoms with Gasteiger partial charge < -0.3 is 24.8 Å². The Balaban J connectivity index is 1.66. The highest BCUT2D eigenvalue weighted by Crippen LogP contribution is 2.44. The lowest BCUT2D eigenvalue weighted by molar-refractivity contribution is 0.143. The first-order chi connectivity index (χ1) is 14.9. The topological polar surface area (TPSA) is 96.3 Å². The van der Waals surface area contributed by atoms with Crippen molar-refractivity contribution < 1.29 is 23.8 Å². The van der Waals surface area contributed by atoms with Gasteiger partial charge in [-0.25, -0.2) is 9.18 Å². The zero-order valence-electron chi connectivity index (χ0n) is 17.2. The van der Waals surface area contributed by atoms with Crippen LogP contribution in [-0.4, -0.2) is 55.9 Å². The van der Waals surface area contributed by atoms with Crippen LogP contribution < -0.4 is 30.1 Å². The van der Waals surface area contributed by atoms with Gasteiger partial charge in [-0.2, -0.15) is 0 Å². The van der Waals surface area contributed by atoms with E-state index in [1.165, 1.54) is 6.20 Å². The van der Waals surface area contributed by atoms with Crippen LogP contribution >= 0.6 is 0 Å². The second kappa shape index (κ2) is 7.16. The molecule has 0 amide bonds. The highest BCUT2D eigenvalue weighted by atomic mass is 19.1. The Morgan fingerprint density at radius 2 is 2.19 bits per heavy atom. The van der Waals surface area contributed by atoms with Crippen LogP contribution in [0.2, 0.25) is 0 Å². The summed E-state index contributed by atoms with van der Waals surface area (Å²) in [5.74, 6) is 0.0686. The lowest BCUT2D eigenvalue weighted by Gasteiger charge is -2.33. The Bertz CT molecular complexity index is 1160. The third-order valence-corrected chi connectivity index (χ3v) is 6.47. The summed E-state index contributed by atoms with van der Waals surface area (Å²) in [4.78, 5) is 25.8. The van der Waals surface area contributed by atoms with Gasteiger partial charge in [-0.05, 0) is 25.5 Å². The molecule has 5 rings (SSSR count). The number of likely N-dealkylation sites (N-methyl/N-ethyl adjacent to an activating group) is 1. The molecule has 0 saturated carbocycles. The van der Waals surface area contributed by atoms with Crippen molar-refractivity contribution in [1.29, 1.82) is 0 Å². The van der Waals surface area contributed by atoms with Crippen LogP contribution in [0.3, 0.4) is 0 Å². The average Bonchev–Trinajstić information content (AvgIpc) is 3.16. The van der Waals surface area contributed by atoms with E-state index in [4.69, 9.17) is 9.84 Å². The quantitative estimate of drug-likeness (QED) is 0.561. The largest absolute Gasteiger partial charge is 0.511 e. The van der Waals surface area contributed by atoms with E-state index in [0.717, 1.165) is 12.5 Å². The van der Waals surface area contributed by atoms with Gasteiger partial charge in [0.05, 0.1) is 11.6 Å². The molecule has 9 nitrogen and oxygen atoms in total. The Hall–Kier alpha value is -3.27. The lowest BCUT2D eigenvalue weighted by Crippen LogP contribution is -2.40. The van der Waals surface area contributed by atoms with Gasteiger partial charge in [0.1, 0.15) is 11.2 Å². The van der Waals surface area contributed by atoms with Gasteiger partial charge in [0.15, 0.2) is 18.3 Å². The van der Waals surface area contributed by atoms with Crippen LogP contribution in [0, 0.1) is 17.7 Å². The Morgan fingerprint density at radius 1 is 1.39 bits per heavy atom. The van der Waals surface area contributed by atoms with Gasteiger partial charge in [-0.1, -0.05) is 12.2 Å². The number of aromatic nitrogens is 1. The van der Waals surface area contributed by atoms with Crippen molar-refractivity contribution in [3.8, 4) is 11.5 Å². The number of carboxylic acid groups (broad SMARTS) is 1. The van der Waals surface area contributed by atoms with Crippen molar-refractivity contribution in [1.82, 2.24) is 9.99 Å². The predicted molar refractivity (Wildman–Crippen MR) is 112 cm³/mol. The van der Waals surface area contributed by atoms with Crippen LogP contribution in [0.25, 0.3) is 10.9 Å². The van der Waals surface area contributed by atoms with E-state index in [2.05, 4.69) is 22.2 Å². The summed E-state index contributed by atoms with van der Waals surface area (Å²) < 4.78 is 27.6. The Kier molecular flexibility index (Phi) is 4.54. The minimum absolute atomic E-state index is 0.00734. The zero-order valence-corrected chi connectivity index (χ0v) is 17.2. The maximum Gasteiger partial charge on any atom is 0.511 e. The number of anilines is 1. The maximum atomic E-state index is 15.4. The van der Waals surface area contributed by atoms with Crippen LogP contribution in [0.4, 0.5) is 14.9 Å². The molecule has 1 fully saturated rings. The molecule has 1 saturated heterocycles. The van der Waals surface area contributed by atoms with Gasteiger partial charge >= 0.3 is 6.16 Å². The predicted octanol–water partition coefficient (Wildman–Crippen LogP) is 1.72. The summed E-state index contributed by atoms with van der Waals surface area (Å²) in [7, 11) is 3.64. The van der Waals surface area contributed by atoms with Gasteiger partial charge in [-0.3, -0.25) is 14.5 Å². The molecule has 0 bridgehead atoms. The number of benzene rings is 1. The maximum absolute atomic E-state index is 15.4. The molecule has 1 aromatic carbocycles. The SMILES string of the molecule is CNC1C=CCC2CN(c3c(F)cc4c(=O)c(OC(=O)O)cn5c4c3OCN5C)CC21. The van der Waals surface area contributed by atoms with E-state index in [1.54, 1.807) is 16.7 Å². The van der Waals surface area contributed by atoms with Crippen LogP contribution in [0.5, 0.6) is 11.5 Å². The van der Waals surface area contributed by atoms with Gasteiger partial charge in [0.25, 0.3) is 0 Å². The summed E-state index contributed by atoms with van der Waals surface area (Å²) in [6.45, 7) is 1.46. The first kappa shape index (κ1) is 19.7. The molecule has 2 aliphatic heterocycles. The van der Waals surface area contributed by atoms with E-state index in [0.29, 0.717) is 41.9 Å². The molecule has 0 radical (unpaired) electrons. The molecule has 10 heteroatoms. The van der Waals surface area contributed by atoms with E-state index >= 15 is 4.39 Å². The minimum Gasteiger partial charge on any atom is -0.467 e. The summed E-state index contributed by atoms with van der Waals surface area (Å²) in [5, 5.41) is 13.9. The first-order valence-electron chi connectivity index (χ1n) is 10.1. The fraction of sp³-hybridized carbons (Fsp3) is 0.429. The van der Waals surface area contributed by atoms with E-state index in [9.17, 15) is 9.59 Å². The normalized spacial score (nSPS) is 24.3. The van der Waals surface area contributed by atoms with Crippen LogP contribution in [0.15, 0.2) is 29.2 Å². The van der Waals surface area contributed by atoms with Crippen molar-refractivity contribution in [2.24, 2.45) is 11.8 Å². The molecular formula is C21H23FN4O5. The minimum atomic E-state index is -1.61. The molecule has 0 spiro atoms. The molecule has 1 aliphatic carbocycles. The van der Waals surface area contributed by atoms with E-state index in [-0.39, 0.29) is 23.9 Å². The molecule has 1 aromatic heterocycles. The van der Waals surface area contributed by atoms with Crippen molar-refractivity contribution >= 4 is 22.7 Å². The second-order valence-corrected chi connectivity index (χ2v) is 8.21.